The third kappa shape index (κ3) is 5.19. The van der Waals surface area contributed by atoms with Gasteiger partial charge in [-0.3, -0.25) is 4.90 Å². The number of nitrogens with zero attached hydrogens (tertiary/aromatic N) is 1. The highest BCUT2D eigenvalue weighted by Crippen LogP contribution is 2.24. The van der Waals surface area contributed by atoms with Crippen LogP contribution in [-0.4, -0.2) is 48.8 Å². The summed E-state index contributed by atoms with van der Waals surface area (Å²) in [5, 5.41) is 6.28. The number of nitrogens with one attached hydrogen (secondary N) is 2. The molecule has 2 amide bonds. The van der Waals surface area contributed by atoms with Gasteiger partial charge >= 0.3 is 6.03 Å². The number of benzene rings is 1. The molecule has 2 aliphatic heterocycles. The lowest BCUT2D eigenvalue weighted by Crippen LogP contribution is -2.51. The van der Waals surface area contributed by atoms with Crippen molar-refractivity contribution >= 4 is 6.03 Å². The number of ether oxygens (including phenoxy) is 1. The monoisotopic (exact) mass is 345 g/mol. The second-order valence-corrected chi connectivity index (χ2v) is 7.42. The molecule has 2 fully saturated rings. The molecule has 1 aromatic carbocycles. The number of amides is 2. The number of carbonyl (C=O) groups excluding carboxylic acids is 1. The first-order chi connectivity index (χ1) is 12.1. The van der Waals surface area contributed by atoms with Crippen LogP contribution < -0.4 is 10.6 Å². The smallest absolute Gasteiger partial charge is 0.315 e. The minimum Gasteiger partial charge on any atom is -0.378 e. The lowest BCUT2D eigenvalue weighted by atomic mass is 10.0. The Balaban J connectivity index is 1.41. The molecule has 0 bridgehead atoms. The molecule has 2 saturated heterocycles. The zero-order valence-corrected chi connectivity index (χ0v) is 15.4. The van der Waals surface area contributed by atoms with Crippen LogP contribution in [0.15, 0.2) is 30.3 Å². The number of likely N-dealkylation sites (tertiary alicyclic amines) is 1. The summed E-state index contributed by atoms with van der Waals surface area (Å²) >= 11 is 0. The van der Waals surface area contributed by atoms with Gasteiger partial charge in [0.05, 0.1) is 6.10 Å². The lowest BCUT2D eigenvalue weighted by Gasteiger charge is -2.37. The van der Waals surface area contributed by atoms with E-state index in [1.54, 1.807) is 0 Å². The molecule has 25 heavy (non-hydrogen) atoms. The minimum absolute atomic E-state index is 0.0198. The van der Waals surface area contributed by atoms with Crippen LogP contribution in [0, 0.1) is 0 Å². The molecule has 2 heterocycles. The van der Waals surface area contributed by atoms with Crippen LogP contribution in [0.25, 0.3) is 0 Å². The first-order valence-corrected chi connectivity index (χ1v) is 9.59. The second kappa shape index (κ2) is 8.68. The van der Waals surface area contributed by atoms with E-state index in [0.29, 0.717) is 6.04 Å². The lowest BCUT2D eigenvalue weighted by molar-refractivity contribution is 0.0153. The van der Waals surface area contributed by atoms with E-state index in [4.69, 9.17) is 4.74 Å². The molecule has 3 unspecified atom stereocenters. The molecule has 5 nitrogen and oxygen atoms in total. The summed E-state index contributed by atoms with van der Waals surface area (Å²) < 4.78 is 5.53. The molecule has 3 atom stereocenters. The van der Waals surface area contributed by atoms with Crippen molar-refractivity contribution in [2.24, 2.45) is 0 Å². The molecule has 0 radical (unpaired) electrons. The highest BCUT2D eigenvalue weighted by molar-refractivity contribution is 5.74. The molecule has 0 aromatic heterocycles. The summed E-state index contributed by atoms with van der Waals surface area (Å²) in [7, 11) is 0. The van der Waals surface area contributed by atoms with Crippen LogP contribution in [0.5, 0.6) is 0 Å². The minimum atomic E-state index is -0.0198. The van der Waals surface area contributed by atoms with Gasteiger partial charge in [-0.05, 0) is 45.1 Å². The van der Waals surface area contributed by atoms with Crippen LogP contribution in [0.3, 0.4) is 0 Å². The molecular formula is C20H31N3O2. The Morgan fingerprint density at radius 2 is 1.80 bits per heavy atom. The summed E-state index contributed by atoms with van der Waals surface area (Å²) in [5.74, 6) is 0. The van der Waals surface area contributed by atoms with Crippen LogP contribution in [-0.2, 0) is 4.74 Å². The van der Waals surface area contributed by atoms with Crippen molar-refractivity contribution in [3.05, 3.63) is 35.9 Å². The zero-order chi connectivity index (χ0) is 17.6. The van der Waals surface area contributed by atoms with Crippen LogP contribution in [0.2, 0.25) is 0 Å². The Morgan fingerprint density at radius 3 is 2.48 bits per heavy atom. The standard InChI is InChI=1S/C20H31N3O2/c1-15-14-19(10-13-25-15)22-20(24)21-18-8-11-23(12-9-18)16(2)17-6-4-3-5-7-17/h3-7,15-16,18-19H,8-14H2,1-2H3,(H2,21,22,24). The van der Waals surface area contributed by atoms with E-state index in [-0.39, 0.29) is 24.2 Å². The Labute approximate surface area is 151 Å². The van der Waals surface area contributed by atoms with Crippen LogP contribution in [0.1, 0.15) is 51.1 Å². The van der Waals surface area contributed by atoms with Crippen LogP contribution >= 0.6 is 0 Å². The number of rotatable bonds is 4. The fourth-order valence-corrected chi connectivity index (χ4v) is 3.92. The van der Waals surface area contributed by atoms with E-state index < -0.39 is 0 Å². The van der Waals surface area contributed by atoms with Crippen molar-refractivity contribution < 1.29 is 9.53 Å². The Kier molecular flexibility index (Phi) is 6.32. The van der Waals surface area contributed by atoms with E-state index in [9.17, 15) is 4.79 Å². The van der Waals surface area contributed by atoms with Crippen molar-refractivity contribution in [2.75, 3.05) is 19.7 Å². The number of carbonyl (C=O) groups is 1. The number of piperidine rings is 1. The van der Waals surface area contributed by atoms with E-state index in [2.05, 4.69) is 59.7 Å². The van der Waals surface area contributed by atoms with Crippen LogP contribution in [0.4, 0.5) is 4.79 Å². The van der Waals surface area contributed by atoms with E-state index in [0.717, 1.165) is 45.4 Å². The Morgan fingerprint density at radius 1 is 1.12 bits per heavy atom. The van der Waals surface area contributed by atoms with E-state index >= 15 is 0 Å². The third-order valence-corrected chi connectivity index (χ3v) is 5.51. The van der Waals surface area contributed by atoms with Gasteiger partial charge in [-0.2, -0.15) is 0 Å². The molecule has 0 aliphatic carbocycles. The van der Waals surface area contributed by atoms with Crippen molar-refractivity contribution in [1.82, 2.24) is 15.5 Å². The molecule has 2 aliphatic rings. The zero-order valence-electron chi connectivity index (χ0n) is 15.4. The fraction of sp³-hybridized carbons (Fsp3) is 0.650. The van der Waals surface area contributed by atoms with Gasteiger partial charge in [0.2, 0.25) is 0 Å². The quantitative estimate of drug-likeness (QED) is 0.882. The molecule has 0 saturated carbocycles. The van der Waals surface area contributed by atoms with Crippen molar-refractivity contribution in [2.45, 2.75) is 63.8 Å². The highest BCUT2D eigenvalue weighted by Gasteiger charge is 2.26. The van der Waals surface area contributed by atoms with Crippen molar-refractivity contribution in [1.29, 1.82) is 0 Å². The molecular weight excluding hydrogens is 314 g/mol. The second-order valence-electron chi connectivity index (χ2n) is 7.42. The topological polar surface area (TPSA) is 53.6 Å². The highest BCUT2D eigenvalue weighted by atomic mass is 16.5. The Hall–Kier alpha value is -1.59. The molecule has 3 rings (SSSR count). The number of hydrogen-bond acceptors (Lipinski definition) is 3. The predicted octanol–water partition coefficient (Wildman–Crippen LogP) is 3.08. The van der Waals surface area contributed by atoms with Crippen molar-refractivity contribution in [3.8, 4) is 0 Å². The van der Waals surface area contributed by atoms with Gasteiger partial charge in [-0.15, -0.1) is 0 Å². The molecule has 1 aromatic rings. The summed E-state index contributed by atoms with van der Waals surface area (Å²) in [6.45, 7) is 7.12. The van der Waals surface area contributed by atoms with Crippen molar-refractivity contribution in [3.63, 3.8) is 0 Å². The average Bonchev–Trinajstić information content (AvgIpc) is 2.62. The Bertz CT molecular complexity index is 543. The summed E-state index contributed by atoms with van der Waals surface area (Å²) in [6.07, 6.45) is 4.07. The first kappa shape index (κ1) is 18.2. The molecule has 5 heteroatoms. The molecule has 0 spiro atoms. The number of urea groups is 1. The summed E-state index contributed by atoms with van der Waals surface area (Å²) in [5.41, 5.74) is 1.36. The maximum atomic E-state index is 12.2. The summed E-state index contributed by atoms with van der Waals surface area (Å²) in [6, 6.07) is 11.6. The number of hydrogen-bond donors (Lipinski definition) is 2. The molecule has 138 valence electrons. The maximum Gasteiger partial charge on any atom is 0.315 e. The maximum absolute atomic E-state index is 12.2. The SMILES string of the molecule is CC1CC(NC(=O)NC2CCN(C(C)c3ccccc3)CC2)CCO1. The van der Waals surface area contributed by atoms with Gasteiger partial charge in [0.1, 0.15) is 0 Å². The predicted molar refractivity (Wildman–Crippen MR) is 99.6 cm³/mol. The summed E-state index contributed by atoms with van der Waals surface area (Å²) in [4.78, 5) is 14.8. The third-order valence-electron chi connectivity index (χ3n) is 5.51. The fourth-order valence-electron chi connectivity index (χ4n) is 3.92. The largest absolute Gasteiger partial charge is 0.378 e. The van der Waals surface area contributed by atoms with E-state index in [1.807, 2.05) is 0 Å². The first-order valence-electron chi connectivity index (χ1n) is 9.59. The average molecular weight is 345 g/mol. The van der Waals surface area contributed by atoms with E-state index in [1.165, 1.54) is 5.56 Å². The normalized spacial score (nSPS) is 26.8. The van der Waals surface area contributed by atoms with Gasteiger partial charge in [0.25, 0.3) is 0 Å². The van der Waals surface area contributed by atoms with Gasteiger partial charge in [0, 0.05) is 37.8 Å². The van der Waals surface area contributed by atoms with Gasteiger partial charge in [-0.1, -0.05) is 30.3 Å². The van der Waals surface area contributed by atoms with Gasteiger partial charge in [0.15, 0.2) is 0 Å². The van der Waals surface area contributed by atoms with Gasteiger partial charge < -0.3 is 15.4 Å². The van der Waals surface area contributed by atoms with Gasteiger partial charge in [-0.25, -0.2) is 4.79 Å². The molecule has 2 N–H and O–H groups in total.